The number of nitrogens with zero attached hydrogens (tertiary/aromatic N) is 1. The Hall–Kier alpha value is -0.230. The Balaban J connectivity index is 2.43. The molecule has 0 N–H and O–H groups in total. The van der Waals surface area contributed by atoms with Gasteiger partial charge in [-0.3, -0.25) is 0 Å². The monoisotopic (exact) mass is 333 g/mol. The molecule has 0 aliphatic carbocycles. The summed E-state index contributed by atoms with van der Waals surface area (Å²) in [6.07, 6.45) is 0.924. The lowest BCUT2D eigenvalue weighted by molar-refractivity contribution is 0.394. The smallest absolute Gasteiger partial charge is 0.207 e. The van der Waals surface area contributed by atoms with Crippen LogP contribution in [0.25, 0.3) is 0 Å². The van der Waals surface area contributed by atoms with Crippen molar-refractivity contribution in [2.75, 3.05) is 18.6 Å². The van der Waals surface area contributed by atoms with Crippen LogP contribution in [0.5, 0.6) is 0 Å². The van der Waals surface area contributed by atoms with Crippen LogP contribution in [0, 0.1) is 13.8 Å². The van der Waals surface area contributed by atoms with Crippen LogP contribution in [-0.4, -0.2) is 37.3 Å². The third-order valence-electron chi connectivity index (χ3n) is 3.85. The molecule has 0 bridgehead atoms. The highest BCUT2D eigenvalue weighted by Crippen LogP contribution is 2.29. The van der Waals surface area contributed by atoms with Gasteiger partial charge in [0.15, 0.2) is 0 Å². The van der Waals surface area contributed by atoms with E-state index in [0.29, 0.717) is 10.8 Å². The number of aryl methyl sites for hydroxylation is 2. The van der Waals surface area contributed by atoms with Gasteiger partial charge in [0.25, 0.3) is 0 Å². The van der Waals surface area contributed by atoms with E-state index in [4.69, 9.17) is 11.6 Å². The predicted octanol–water partition coefficient (Wildman–Crippen LogP) is 3.17. The first-order chi connectivity index (χ1) is 9.37. The summed E-state index contributed by atoms with van der Waals surface area (Å²) in [4.78, 5) is 0.387. The van der Waals surface area contributed by atoms with Crippen molar-refractivity contribution in [2.24, 2.45) is 0 Å². The second kappa shape index (κ2) is 6.26. The van der Waals surface area contributed by atoms with Crippen LogP contribution < -0.4 is 0 Å². The Morgan fingerprint density at radius 1 is 1.35 bits per heavy atom. The molecule has 6 heteroatoms. The summed E-state index contributed by atoms with van der Waals surface area (Å²) in [5, 5.41) is 0. The number of halogens is 1. The molecule has 3 nitrogen and oxygen atoms in total. The minimum Gasteiger partial charge on any atom is -0.207 e. The molecule has 0 saturated carbocycles. The summed E-state index contributed by atoms with van der Waals surface area (Å²) in [5.41, 5.74) is 2.70. The molecule has 20 heavy (non-hydrogen) atoms. The van der Waals surface area contributed by atoms with Gasteiger partial charge in [0.05, 0.1) is 4.90 Å². The van der Waals surface area contributed by atoms with E-state index in [0.717, 1.165) is 34.6 Å². The summed E-state index contributed by atoms with van der Waals surface area (Å²) in [6.45, 7) is 3.80. The second-order valence-corrected chi connectivity index (χ2v) is 8.60. The largest absolute Gasteiger partial charge is 0.243 e. The molecule has 0 radical (unpaired) electrons. The van der Waals surface area contributed by atoms with E-state index in [1.165, 1.54) is 4.31 Å². The molecule has 1 atom stereocenters. The molecular formula is C14H20ClNO2S2. The lowest BCUT2D eigenvalue weighted by Gasteiger charge is -2.24. The minimum absolute atomic E-state index is 0.102. The Kier molecular flexibility index (Phi) is 5.05. The van der Waals surface area contributed by atoms with Crippen molar-refractivity contribution >= 4 is 33.4 Å². The van der Waals surface area contributed by atoms with Crippen molar-refractivity contribution in [1.29, 1.82) is 0 Å². The van der Waals surface area contributed by atoms with Crippen LogP contribution in [0.4, 0.5) is 0 Å². The normalized spacial score (nSPS) is 19.8. The highest BCUT2D eigenvalue weighted by Gasteiger charge is 2.31. The summed E-state index contributed by atoms with van der Waals surface area (Å²) >= 11 is 7.71. The number of alkyl halides is 1. The molecule has 1 saturated heterocycles. The molecule has 1 fully saturated rings. The first-order valence-electron chi connectivity index (χ1n) is 6.59. The Bertz CT molecular complexity index is 595. The van der Waals surface area contributed by atoms with Crippen molar-refractivity contribution in [3.8, 4) is 0 Å². The number of thioether (sulfide) groups is 1. The quantitative estimate of drug-likeness (QED) is 0.794. The maximum absolute atomic E-state index is 12.8. The molecule has 1 aliphatic heterocycles. The van der Waals surface area contributed by atoms with E-state index in [1.54, 1.807) is 13.1 Å². The highest BCUT2D eigenvalue weighted by atomic mass is 35.5. The van der Waals surface area contributed by atoms with Gasteiger partial charge in [-0.25, -0.2) is 8.42 Å². The van der Waals surface area contributed by atoms with Crippen molar-refractivity contribution in [1.82, 2.24) is 4.31 Å². The molecule has 2 rings (SSSR count). The van der Waals surface area contributed by atoms with E-state index in [1.807, 2.05) is 31.7 Å². The van der Waals surface area contributed by atoms with E-state index in [2.05, 4.69) is 0 Å². The lowest BCUT2D eigenvalue weighted by Crippen LogP contribution is -2.37. The lowest BCUT2D eigenvalue weighted by atomic mass is 10.1. The SMILES string of the molecule is Cc1cc(C)c(S(=O)(=O)N(C)C2CCSC2)cc1CCl. The molecule has 1 aliphatic rings. The van der Waals surface area contributed by atoms with Crippen LogP contribution in [0.3, 0.4) is 0 Å². The van der Waals surface area contributed by atoms with Crippen LogP contribution in [0.2, 0.25) is 0 Å². The number of sulfonamides is 1. The van der Waals surface area contributed by atoms with Gasteiger partial charge in [-0.2, -0.15) is 16.1 Å². The Labute approximate surface area is 130 Å². The Morgan fingerprint density at radius 2 is 2.05 bits per heavy atom. The molecular weight excluding hydrogens is 314 g/mol. The molecule has 112 valence electrons. The van der Waals surface area contributed by atoms with Gasteiger partial charge in [0.2, 0.25) is 10.0 Å². The molecule has 0 spiro atoms. The van der Waals surface area contributed by atoms with Gasteiger partial charge < -0.3 is 0 Å². The Morgan fingerprint density at radius 3 is 2.60 bits per heavy atom. The van der Waals surface area contributed by atoms with Crippen molar-refractivity contribution < 1.29 is 8.42 Å². The molecule has 0 aromatic heterocycles. The molecule has 1 aromatic carbocycles. The zero-order valence-corrected chi connectivity index (χ0v) is 14.4. The third kappa shape index (κ3) is 3.01. The second-order valence-electron chi connectivity index (χ2n) is 5.22. The maximum Gasteiger partial charge on any atom is 0.243 e. The molecule has 1 unspecified atom stereocenters. The fourth-order valence-electron chi connectivity index (χ4n) is 2.46. The number of hydrogen-bond donors (Lipinski definition) is 0. The van der Waals surface area contributed by atoms with Gasteiger partial charge in [-0.05, 0) is 48.8 Å². The van der Waals surface area contributed by atoms with E-state index in [-0.39, 0.29) is 6.04 Å². The predicted molar refractivity (Wildman–Crippen MR) is 86.2 cm³/mol. The summed E-state index contributed by atoms with van der Waals surface area (Å²) < 4.78 is 27.1. The van der Waals surface area contributed by atoms with Crippen molar-refractivity contribution in [3.63, 3.8) is 0 Å². The highest BCUT2D eigenvalue weighted by molar-refractivity contribution is 7.99. The van der Waals surface area contributed by atoms with E-state index >= 15 is 0 Å². The molecule has 0 amide bonds. The molecule has 1 heterocycles. The zero-order chi connectivity index (χ0) is 14.9. The van der Waals surface area contributed by atoms with Gasteiger partial charge in [0, 0.05) is 24.7 Å². The van der Waals surface area contributed by atoms with Gasteiger partial charge in [0.1, 0.15) is 0 Å². The summed E-state index contributed by atoms with van der Waals surface area (Å²) in [7, 11) is -1.76. The fraction of sp³-hybridized carbons (Fsp3) is 0.571. The van der Waals surface area contributed by atoms with Gasteiger partial charge in [-0.1, -0.05) is 6.07 Å². The number of rotatable bonds is 4. The summed E-state index contributed by atoms with van der Waals surface area (Å²) in [6, 6.07) is 3.73. The fourth-order valence-corrected chi connectivity index (χ4v) is 5.75. The zero-order valence-electron chi connectivity index (χ0n) is 12.0. The maximum atomic E-state index is 12.8. The van der Waals surface area contributed by atoms with Crippen LogP contribution in [0.1, 0.15) is 23.1 Å². The summed E-state index contributed by atoms with van der Waals surface area (Å²) in [5.74, 6) is 2.24. The first-order valence-corrected chi connectivity index (χ1v) is 9.72. The van der Waals surface area contributed by atoms with Gasteiger partial charge in [-0.15, -0.1) is 11.6 Å². The first kappa shape index (κ1) is 16.1. The van der Waals surface area contributed by atoms with Crippen LogP contribution >= 0.6 is 23.4 Å². The third-order valence-corrected chi connectivity index (χ3v) is 7.34. The van der Waals surface area contributed by atoms with Gasteiger partial charge >= 0.3 is 0 Å². The number of hydrogen-bond acceptors (Lipinski definition) is 3. The average Bonchev–Trinajstić information content (AvgIpc) is 2.91. The van der Waals surface area contributed by atoms with E-state index in [9.17, 15) is 8.42 Å². The molecule has 1 aromatic rings. The van der Waals surface area contributed by atoms with Crippen molar-refractivity contribution in [2.45, 2.75) is 37.1 Å². The van der Waals surface area contributed by atoms with E-state index < -0.39 is 10.0 Å². The van der Waals surface area contributed by atoms with Crippen molar-refractivity contribution in [3.05, 3.63) is 28.8 Å². The number of benzene rings is 1. The minimum atomic E-state index is -3.44. The average molecular weight is 334 g/mol. The van der Waals surface area contributed by atoms with Crippen LogP contribution in [-0.2, 0) is 15.9 Å². The van der Waals surface area contributed by atoms with Crippen LogP contribution in [0.15, 0.2) is 17.0 Å². The standard InChI is InChI=1S/C14H20ClNO2S2/c1-10-6-11(2)14(7-12(10)8-15)20(17,18)16(3)13-4-5-19-9-13/h6-7,13H,4-5,8-9H2,1-3H3. The topological polar surface area (TPSA) is 37.4 Å².